The fourth-order valence-electron chi connectivity index (χ4n) is 3.69. The molecule has 4 aromatic rings. The molecule has 0 aliphatic rings. The van der Waals surface area contributed by atoms with Crippen LogP contribution >= 0.6 is 0 Å². The summed E-state index contributed by atoms with van der Waals surface area (Å²) in [5.74, 6) is 0.502. The van der Waals surface area contributed by atoms with E-state index < -0.39 is 12.1 Å². The van der Waals surface area contributed by atoms with Crippen molar-refractivity contribution in [2.24, 2.45) is 0 Å². The summed E-state index contributed by atoms with van der Waals surface area (Å²) in [6.45, 7) is 2.12. The maximum atomic E-state index is 12.4. The molecule has 1 amide bonds. The fourth-order valence-corrected chi connectivity index (χ4v) is 3.69. The van der Waals surface area contributed by atoms with E-state index in [0.29, 0.717) is 25.1 Å². The summed E-state index contributed by atoms with van der Waals surface area (Å²) in [5.41, 5.74) is 4.44. The Morgan fingerprint density at radius 2 is 1.88 bits per heavy atom. The first-order valence-electron chi connectivity index (χ1n) is 11.3. The van der Waals surface area contributed by atoms with Gasteiger partial charge in [0.2, 0.25) is 0 Å². The number of benzene rings is 2. The second-order valence-electron chi connectivity index (χ2n) is 8.13. The number of aryl methyl sites for hydroxylation is 1. The molecule has 3 N–H and O–H groups in total. The van der Waals surface area contributed by atoms with Gasteiger partial charge in [0.05, 0.1) is 30.4 Å². The number of aliphatic hydroxyl groups excluding tert-OH is 1. The number of aromatic nitrogens is 3. The summed E-state index contributed by atoms with van der Waals surface area (Å²) in [4.78, 5) is 23.4. The number of nitrogens with one attached hydrogen (secondary N) is 2. The normalized spacial score (nSPS) is 12.6. The molecule has 0 aliphatic heterocycles. The summed E-state index contributed by atoms with van der Waals surface area (Å²) in [6, 6.07) is 21.5. The molecule has 2 heterocycles. The monoisotopic (exact) mass is 456 g/mol. The van der Waals surface area contributed by atoms with Crippen molar-refractivity contribution in [3.63, 3.8) is 0 Å². The fraction of sp³-hybridized carbons (Fsp3) is 0.222. The third-order valence-corrected chi connectivity index (χ3v) is 5.65. The standard InChI is InChI=1S/C27H28N4O3/c1-19(32)23(31-27(33)25-16-28-18-30-25)14-13-22-6-2-3-8-26(22)34-17-20-9-11-21(12-10-20)24-7-4-5-15-29-24/h2-12,15-16,18-19,23,32H,13-14,17H2,1H3,(H,28,30)(H,31,33)/t19-,23+/m0/s1. The second kappa shape index (κ2) is 11.2. The summed E-state index contributed by atoms with van der Waals surface area (Å²) in [7, 11) is 0. The first kappa shape index (κ1) is 23.2. The van der Waals surface area contributed by atoms with Gasteiger partial charge in [-0.1, -0.05) is 48.5 Å². The number of carbonyl (C=O) groups is 1. The van der Waals surface area contributed by atoms with Crippen LogP contribution in [0.4, 0.5) is 0 Å². The quantitative estimate of drug-likeness (QED) is 0.333. The first-order chi connectivity index (χ1) is 16.6. The van der Waals surface area contributed by atoms with Crippen molar-refractivity contribution in [2.45, 2.75) is 38.5 Å². The Balaban J connectivity index is 1.36. The molecule has 0 saturated heterocycles. The number of rotatable bonds is 10. The Kier molecular flexibility index (Phi) is 7.67. The SMILES string of the molecule is C[C@H](O)[C@@H](CCc1ccccc1OCc1ccc(-c2ccccn2)cc1)NC(=O)c1cnc[nH]1. The number of pyridine rings is 1. The van der Waals surface area contributed by atoms with Crippen LogP contribution in [-0.2, 0) is 13.0 Å². The molecule has 2 atom stereocenters. The van der Waals surface area contributed by atoms with Crippen molar-refractivity contribution in [1.29, 1.82) is 0 Å². The largest absolute Gasteiger partial charge is 0.489 e. The molecule has 0 spiro atoms. The molecule has 0 bridgehead atoms. The predicted molar refractivity (Wildman–Crippen MR) is 130 cm³/mol. The van der Waals surface area contributed by atoms with E-state index in [1.165, 1.54) is 12.5 Å². The Labute approximate surface area is 198 Å². The summed E-state index contributed by atoms with van der Waals surface area (Å²) >= 11 is 0. The maximum Gasteiger partial charge on any atom is 0.269 e. The number of hydrogen-bond donors (Lipinski definition) is 3. The van der Waals surface area contributed by atoms with Crippen LogP contribution in [0.5, 0.6) is 5.75 Å². The molecule has 0 radical (unpaired) electrons. The Hall–Kier alpha value is -3.97. The lowest BCUT2D eigenvalue weighted by molar-refractivity contribution is 0.0846. The molecule has 7 nitrogen and oxygen atoms in total. The summed E-state index contributed by atoms with van der Waals surface area (Å²) < 4.78 is 6.12. The van der Waals surface area contributed by atoms with Crippen LogP contribution in [-0.4, -0.2) is 38.1 Å². The van der Waals surface area contributed by atoms with E-state index in [-0.39, 0.29) is 5.91 Å². The minimum absolute atomic E-state index is 0.290. The smallest absolute Gasteiger partial charge is 0.269 e. The van der Waals surface area contributed by atoms with Crippen LogP contribution in [0.2, 0.25) is 0 Å². The molecule has 0 saturated carbocycles. The van der Waals surface area contributed by atoms with E-state index in [0.717, 1.165) is 28.1 Å². The van der Waals surface area contributed by atoms with E-state index in [2.05, 4.69) is 20.3 Å². The number of imidazole rings is 1. The van der Waals surface area contributed by atoms with E-state index in [9.17, 15) is 9.90 Å². The Bertz CT molecular complexity index is 1180. The van der Waals surface area contributed by atoms with Gasteiger partial charge in [-0.05, 0) is 49.1 Å². The lowest BCUT2D eigenvalue weighted by Gasteiger charge is -2.22. The van der Waals surface area contributed by atoms with Gasteiger partial charge in [-0.2, -0.15) is 0 Å². The third-order valence-electron chi connectivity index (χ3n) is 5.65. The highest BCUT2D eigenvalue weighted by molar-refractivity contribution is 5.92. The van der Waals surface area contributed by atoms with Crippen LogP contribution in [0.25, 0.3) is 11.3 Å². The minimum Gasteiger partial charge on any atom is -0.489 e. The van der Waals surface area contributed by atoms with Crippen LogP contribution in [0.1, 0.15) is 35.0 Å². The third kappa shape index (κ3) is 6.08. The van der Waals surface area contributed by atoms with Crippen molar-refractivity contribution in [3.8, 4) is 17.0 Å². The average Bonchev–Trinajstić information content (AvgIpc) is 3.42. The molecule has 34 heavy (non-hydrogen) atoms. The van der Waals surface area contributed by atoms with Gasteiger partial charge in [0.1, 0.15) is 18.1 Å². The van der Waals surface area contributed by atoms with E-state index >= 15 is 0 Å². The molecular weight excluding hydrogens is 428 g/mol. The van der Waals surface area contributed by atoms with Crippen molar-refractivity contribution in [1.82, 2.24) is 20.3 Å². The van der Waals surface area contributed by atoms with Gasteiger partial charge in [-0.15, -0.1) is 0 Å². The minimum atomic E-state index is -0.697. The van der Waals surface area contributed by atoms with Crippen LogP contribution in [0.3, 0.4) is 0 Å². The molecule has 4 rings (SSSR count). The van der Waals surface area contributed by atoms with E-state index in [1.54, 1.807) is 13.1 Å². The Morgan fingerprint density at radius 1 is 1.09 bits per heavy atom. The van der Waals surface area contributed by atoms with Crippen molar-refractivity contribution in [2.75, 3.05) is 0 Å². The number of carbonyl (C=O) groups excluding carboxylic acids is 1. The number of aromatic amines is 1. The number of aliphatic hydroxyl groups is 1. The van der Waals surface area contributed by atoms with Crippen LogP contribution < -0.4 is 10.1 Å². The number of H-pyrrole nitrogens is 1. The number of hydrogen-bond acceptors (Lipinski definition) is 5. The molecule has 2 aromatic carbocycles. The number of ether oxygens (including phenoxy) is 1. The molecule has 174 valence electrons. The Morgan fingerprint density at radius 3 is 2.59 bits per heavy atom. The van der Waals surface area contributed by atoms with E-state index in [1.807, 2.05) is 66.7 Å². The topological polar surface area (TPSA) is 100 Å². The number of amides is 1. The van der Waals surface area contributed by atoms with Gasteiger partial charge in [0.25, 0.3) is 5.91 Å². The van der Waals surface area contributed by atoms with Crippen LogP contribution in [0, 0.1) is 0 Å². The number of nitrogens with zero attached hydrogens (tertiary/aromatic N) is 2. The summed E-state index contributed by atoms with van der Waals surface area (Å²) in [6.07, 6.45) is 5.21. The maximum absolute atomic E-state index is 12.4. The lowest BCUT2D eigenvalue weighted by Crippen LogP contribution is -2.42. The van der Waals surface area contributed by atoms with Crippen molar-refractivity contribution >= 4 is 5.91 Å². The zero-order valence-electron chi connectivity index (χ0n) is 19.0. The first-order valence-corrected chi connectivity index (χ1v) is 11.3. The molecule has 7 heteroatoms. The highest BCUT2D eigenvalue weighted by atomic mass is 16.5. The van der Waals surface area contributed by atoms with Gasteiger partial charge in [-0.3, -0.25) is 9.78 Å². The zero-order valence-corrected chi connectivity index (χ0v) is 19.0. The van der Waals surface area contributed by atoms with Crippen molar-refractivity contribution < 1.29 is 14.6 Å². The second-order valence-corrected chi connectivity index (χ2v) is 8.13. The average molecular weight is 457 g/mol. The van der Waals surface area contributed by atoms with Gasteiger partial charge in [0, 0.05) is 11.8 Å². The molecule has 0 unspecified atom stereocenters. The highest BCUT2D eigenvalue weighted by Gasteiger charge is 2.20. The summed E-state index contributed by atoms with van der Waals surface area (Å²) in [5, 5.41) is 13.1. The number of para-hydroxylation sites is 1. The molecular formula is C27H28N4O3. The van der Waals surface area contributed by atoms with Crippen LogP contribution in [0.15, 0.2) is 85.5 Å². The van der Waals surface area contributed by atoms with E-state index in [4.69, 9.17) is 4.74 Å². The van der Waals surface area contributed by atoms with Gasteiger partial charge < -0.3 is 20.1 Å². The zero-order chi connectivity index (χ0) is 23.8. The predicted octanol–water partition coefficient (Wildman–Crippen LogP) is 4.16. The lowest BCUT2D eigenvalue weighted by atomic mass is 10.0. The van der Waals surface area contributed by atoms with Gasteiger partial charge in [-0.25, -0.2) is 4.98 Å². The molecule has 0 aliphatic carbocycles. The molecule has 0 fully saturated rings. The molecule has 2 aromatic heterocycles. The highest BCUT2D eigenvalue weighted by Crippen LogP contribution is 2.23. The van der Waals surface area contributed by atoms with Gasteiger partial charge >= 0.3 is 0 Å². The van der Waals surface area contributed by atoms with Gasteiger partial charge in [0.15, 0.2) is 0 Å². The van der Waals surface area contributed by atoms with Crippen molar-refractivity contribution in [3.05, 3.63) is 102 Å².